The molecule has 7 heteroatoms. The average molecular weight is 427 g/mol. The fourth-order valence-electron chi connectivity index (χ4n) is 3.32. The van der Waals surface area contributed by atoms with Crippen LogP contribution in [0.15, 0.2) is 52.9 Å². The predicted molar refractivity (Wildman–Crippen MR) is 121 cm³/mol. The Morgan fingerprint density at radius 3 is 2.55 bits per heavy atom. The molecule has 0 bridgehead atoms. The second-order valence-corrected chi connectivity index (χ2v) is 9.66. The van der Waals surface area contributed by atoms with Gasteiger partial charge in [-0.15, -0.1) is 11.3 Å². The molecule has 2 aromatic carbocycles. The van der Waals surface area contributed by atoms with Crippen LogP contribution in [0.3, 0.4) is 0 Å². The highest BCUT2D eigenvalue weighted by Crippen LogP contribution is 2.29. The number of aromatic nitrogens is 1. The molecule has 5 nitrogen and oxygen atoms in total. The van der Waals surface area contributed by atoms with Crippen molar-refractivity contribution in [2.45, 2.75) is 17.4 Å². The number of rotatable bonds is 7. The van der Waals surface area contributed by atoms with Gasteiger partial charge in [-0.1, -0.05) is 48.2 Å². The molecule has 3 aromatic rings. The molecule has 1 saturated heterocycles. The summed E-state index contributed by atoms with van der Waals surface area (Å²) >= 11 is 3.13. The van der Waals surface area contributed by atoms with E-state index < -0.39 is 0 Å². The van der Waals surface area contributed by atoms with E-state index in [1.165, 1.54) is 17.3 Å². The number of hydrogen-bond acceptors (Lipinski definition) is 6. The highest BCUT2D eigenvalue weighted by Gasteiger charge is 2.13. The number of carbonyl (C=O) groups excluding carboxylic acids is 1. The van der Waals surface area contributed by atoms with Crippen LogP contribution in [-0.2, 0) is 17.9 Å². The fourth-order valence-corrected chi connectivity index (χ4v) is 5.22. The van der Waals surface area contributed by atoms with Crippen molar-refractivity contribution in [3.8, 4) is 0 Å². The van der Waals surface area contributed by atoms with E-state index in [2.05, 4.69) is 57.5 Å². The number of thioether (sulfide) groups is 1. The van der Waals surface area contributed by atoms with Gasteiger partial charge in [0.25, 0.3) is 0 Å². The van der Waals surface area contributed by atoms with Crippen LogP contribution in [0, 0.1) is 0 Å². The van der Waals surface area contributed by atoms with Crippen molar-refractivity contribution in [1.29, 1.82) is 0 Å². The minimum Gasteiger partial charge on any atom is -0.351 e. The van der Waals surface area contributed by atoms with E-state index in [0.717, 1.165) is 52.8 Å². The molecule has 0 radical (unpaired) electrons. The number of carbonyl (C=O) groups is 1. The molecule has 1 fully saturated rings. The van der Waals surface area contributed by atoms with Crippen LogP contribution >= 0.6 is 23.1 Å². The molecule has 4 rings (SSSR count). The van der Waals surface area contributed by atoms with Crippen molar-refractivity contribution in [2.75, 3.05) is 39.0 Å². The largest absolute Gasteiger partial charge is 0.351 e. The molecule has 0 unspecified atom stereocenters. The van der Waals surface area contributed by atoms with Crippen LogP contribution in [0.25, 0.3) is 10.2 Å². The van der Waals surface area contributed by atoms with Crippen molar-refractivity contribution in [3.05, 3.63) is 59.7 Å². The molecule has 0 saturated carbocycles. The lowest BCUT2D eigenvalue weighted by molar-refractivity contribution is -0.118. The number of nitrogens with one attached hydrogen (secondary N) is 1. The quantitative estimate of drug-likeness (QED) is 0.587. The number of amides is 1. The van der Waals surface area contributed by atoms with Crippen molar-refractivity contribution < 1.29 is 4.79 Å². The minimum atomic E-state index is 0.0377. The maximum atomic E-state index is 12.2. The normalized spacial score (nSPS) is 15.6. The first kappa shape index (κ1) is 20.3. The first-order valence-corrected chi connectivity index (χ1v) is 11.7. The Bertz CT molecular complexity index is 916. The highest BCUT2D eigenvalue weighted by atomic mass is 32.2. The third-order valence-electron chi connectivity index (χ3n) is 5.12. The van der Waals surface area contributed by atoms with Crippen molar-refractivity contribution in [2.24, 2.45) is 0 Å². The number of thiazole rings is 1. The summed E-state index contributed by atoms with van der Waals surface area (Å²) < 4.78 is 2.10. The lowest BCUT2D eigenvalue weighted by atomic mass is 10.1. The third kappa shape index (κ3) is 5.79. The molecule has 2 heterocycles. The number of nitrogens with zero attached hydrogens (tertiary/aromatic N) is 3. The van der Waals surface area contributed by atoms with Crippen LogP contribution in [0.2, 0.25) is 0 Å². The molecule has 1 amide bonds. The number of hydrogen-bond donors (Lipinski definition) is 1. The lowest BCUT2D eigenvalue weighted by Crippen LogP contribution is -2.43. The van der Waals surface area contributed by atoms with E-state index in [0.29, 0.717) is 12.3 Å². The summed E-state index contributed by atoms with van der Waals surface area (Å²) in [7, 11) is 2.18. The third-order valence-corrected chi connectivity index (χ3v) is 7.30. The fraction of sp³-hybridized carbons (Fsp3) is 0.364. The molecule has 0 aliphatic carbocycles. The van der Waals surface area contributed by atoms with Crippen molar-refractivity contribution >= 4 is 39.2 Å². The van der Waals surface area contributed by atoms with Gasteiger partial charge < -0.3 is 10.2 Å². The smallest absolute Gasteiger partial charge is 0.230 e. The molecule has 1 aromatic heterocycles. The Balaban J connectivity index is 1.20. The summed E-state index contributed by atoms with van der Waals surface area (Å²) in [5, 5.41) is 3.01. The molecular formula is C22H26N4OS2. The van der Waals surface area contributed by atoms with E-state index in [1.807, 2.05) is 18.2 Å². The predicted octanol–water partition coefficient (Wildman–Crippen LogP) is 3.45. The molecule has 1 aliphatic heterocycles. The van der Waals surface area contributed by atoms with Gasteiger partial charge in [-0.05, 0) is 30.3 Å². The van der Waals surface area contributed by atoms with Crippen molar-refractivity contribution in [1.82, 2.24) is 20.1 Å². The van der Waals surface area contributed by atoms with E-state index in [-0.39, 0.29) is 5.91 Å². The molecule has 152 valence electrons. The van der Waals surface area contributed by atoms with Gasteiger partial charge in [0.05, 0.1) is 16.0 Å². The molecule has 1 N–H and O–H groups in total. The summed E-state index contributed by atoms with van der Waals surface area (Å²) in [6.45, 7) is 6.09. The topological polar surface area (TPSA) is 48.5 Å². The molecule has 0 spiro atoms. The molecule has 0 atom stereocenters. The Kier molecular flexibility index (Phi) is 6.82. The Morgan fingerprint density at radius 1 is 1.07 bits per heavy atom. The van der Waals surface area contributed by atoms with E-state index in [9.17, 15) is 4.79 Å². The Labute approximate surface area is 180 Å². The zero-order chi connectivity index (χ0) is 20.1. The lowest BCUT2D eigenvalue weighted by Gasteiger charge is -2.32. The zero-order valence-electron chi connectivity index (χ0n) is 16.6. The SMILES string of the molecule is CN1CCN(Cc2ccc(CNC(=O)CSc3nc4ccccc4s3)cc2)CC1. The Morgan fingerprint density at radius 2 is 1.79 bits per heavy atom. The zero-order valence-corrected chi connectivity index (χ0v) is 18.3. The maximum absolute atomic E-state index is 12.2. The van der Waals surface area contributed by atoms with Crippen LogP contribution in [0.5, 0.6) is 0 Å². The highest BCUT2D eigenvalue weighted by molar-refractivity contribution is 8.01. The average Bonchev–Trinajstić information content (AvgIpc) is 3.16. The van der Waals surface area contributed by atoms with E-state index in [4.69, 9.17) is 0 Å². The Hall–Kier alpha value is -1.93. The van der Waals surface area contributed by atoms with Gasteiger partial charge in [0.15, 0.2) is 4.34 Å². The van der Waals surface area contributed by atoms with Gasteiger partial charge in [0.1, 0.15) is 0 Å². The van der Waals surface area contributed by atoms with Crippen LogP contribution < -0.4 is 5.32 Å². The summed E-state index contributed by atoms with van der Waals surface area (Å²) in [6, 6.07) is 16.6. The summed E-state index contributed by atoms with van der Waals surface area (Å²) in [5.41, 5.74) is 3.46. The number of benzene rings is 2. The number of para-hydroxylation sites is 1. The summed E-state index contributed by atoms with van der Waals surface area (Å²) in [4.78, 5) is 21.6. The second kappa shape index (κ2) is 9.71. The minimum absolute atomic E-state index is 0.0377. The summed E-state index contributed by atoms with van der Waals surface area (Å²) in [5.74, 6) is 0.428. The van der Waals surface area contributed by atoms with Crippen molar-refractivity contribution in [3.63, 3.8) is 0 Å². The number of piperazine rings is 1. The first-order valence-electron chi connectivity index (χ1n) is 9.89. The molecule has 29 heavy (non-hydrogen) atoms. The van der Waals surface area contributed by atoms with Gasteiger partial charge in [0.2, 0.25) is 5.91 Å². The number of likely N-dealkylation sites (N-methyl/N-ethyl adjacent to an activating group) is 1. The van der Waals surface area contributed by atoms with Gasteiger partial charge >= 0.3 is 0 Å². The van der Waals surface area contributed by atoms with Gasteiger partial charge in [-0.3, -0.25) is 9.69 Å². The van der Waals surface area contributed by atoms with Crippen LogP contribution in [0.4, 0.5) is 0 Å². The van der Waals surface area contributed by atoms with Gasteiger partial charge in [-0.25, -0.2) is 4.98 Å². The summed E-state index contributed by atoms with van der Waals surface area (Å²) in [6.07, 6.45) is 0. The van der Waals surface area contributed by atoms with Crippen LogP contribution in [-0.4, -0.2) is 59.7 Å². The number of fused-ring (bicyclic) bond motifs is 1. The molecular weight excluding hydrogens is 400 g/mol. The second-order valence-electron chi connectivity index (χ2n) is 7.41. The first-order chi connectivity index (χ1) is 14.2. The van der Waals surface area contributed by atoms with E-state index in [1.54, 1.807) is 11.3 Å². The van der Waals surface area contributed by atoms with Gasteiger partial charge in [0, 0.05) is 39.3 Å². The van der Waals surface area contributed by atoms with Gasteiger partial charge in [-0.2, -0.15) is 0 Å². The standard InChI is InChI=1S/C22H26N4OS2/c1-25-10-12-26(13-11-25)15-18-8-6-17(7-9-18)14-23-21(27)16-28-22-24-19-4-2-3-5-20(19)29-22/h2-9H,10-16H2,1H3,(H,23,27). The van der Waals surface area contributed by atoms with E-state index >= 15 is 0 Å². The van der Waals surface area contributed by atoms with Crippen LogP contribution in [0.1, 0.15) is 11.1 Å². The monoisotopic (exact) mass is 426 g/mol. The maximum Gasteiger partial charge on any atom is 0.230 e. The molecule has 1 aliphatic rings.